The van der Waals surface area contributed by atoms with Crippen molar-refractivity contribution in [3.63, 3.8) is 0 Å². The van der Waals surface area contributed by atoms with Gasteiger partial charge in [0.05, 0.1) is 6.61 Å². The number of allylic oxidation sites excluding steroid dienone is 1. The van der Waals surface area contributed by atoms with Gasteiger partial charge in [0.25, 0.3) is 0 Å². The van der Waals surface area contributed by atoms with Gasteiger partial charge in [0.15, 0.2) is 0 Å². The van der Waals surface area contributed by atoms with Gasteiger partial charge in [0.2, 0.25) is 0 Å². The number of benzene rings is 2. The Morgan fingerprint density at radius 2 is 1.60 bits per heavy atom. The molecule has 0 aliphatic carbocycles. The van der Waals surface area contributed by atoms with Crippen LogP contribution in [0.15, 0.2) is 72.9 Å². The van der Waals surface area contributed by atoms with Gasteiger partial charge in [-0.05, 0) is 24.1 Å². The van der Waals surface area contributed by atoms with Crippen LogP contribution in [0.25, 0.3) is 0 Å². The van der Waals surface area contributed by atoms with Crippen LogP contribution in [0, 0.1) is 0 Å². The fourth-order valence-corrected chi connectivity index (χ4v) is 2.85. The number of aliphatic hydroxyl groups is 1. The van der Waals surface area contributed by atoms with Gasteiger partial charge in [0.1, 0.15) is 0 Å². The summed E-state index contributed by atoms with van der Waals surface area (Å²) >= 11 is 0. The minimum absolute atomic E-state index is 0.157. The summed E-state index contributed by atoms with van der Waals surface area (Å²) in [6.45, 7) is 0.957. The highest BCUT2D eigenvalue weighted by molar-refractivity contribution is 5.51. The minimum Gasteiger partial charge on any atom is -0.395 e. The number of nitrogens with zero attached hydrogens (tertiary/aromatic N) is 1. The van der Waals surface area contributed by atoms with Crippen molar-refractivity contribution < 1.29 is 5.11 Å². The summed E-state index contributed by atoms with van der Waals surface area (Å²) < 4.78 is 0. The Labute approximate surface area is 120 Å². The first-order chi connectivity index (χ1) is 9.84. The van der Waals surface area contributed by atoms with E-state index in [1.54, 1.807) is 0 Å². The van der Waals surface area contributed by atoms with Gasteiger partial charge >= 0.3 is 0 Å². The van der Waals surface area contributed by atoms with E-state index in [1.165, 1.54) is 5.56 Å². The Bertz CT molecular complexity index is 579. The third kappa shape index (κ3) is 2.35. The van der Waals surface area contributed by atoms with E-state index in [2.05, 4.69) is 41.4 Å². The highest BCUT2D eigenvalue weighted by atomic mass is 16.3. The molecule has 2 aromatic carbocycles. The van der Waals surface area contributed by atoms with Crippen molar-refractivity contribution in [1.29, 1.82) is 0 Å². The molecule has 1 N–H and O–H groups in total. The molecule has 1 atom stereocenters. The third-order valence-electron chi connectivity index (χ3n) is 4.04. The lowest BCUT2D eigenvalue weighted by Crippen LogP contribution is -2.44. The molecule has 2 heteroatoms. The van der Waals surface area contributed by atoms with Crippen molar-refractivity contribution in [2.75, 3.05) is 18.1 Å². The lowest BCUT2D eigenvalue weighted by atomic mass is 9.76. The highest BCUT2D eigenvalue weighted by Gasteiger charge is 2.34. The number of hydrogen-bond acceptors (Lipinski definition) is 2. The Morgan fingerprint density at radius 1 is 0.950 bits per heavy atom. The standard InChI is InChI=1S/C18H19NO/c20-15-18(16-8-3-1-4-9-16)12-7-13-19(14-18)17-10-5-2-6-11-17/h1-11,13,20H,12,14-15H2. The van der Waals surface area contributed by atoms with Gasteiger partial charge in [-0.25, -0.2) is 0 Å². The maximum absolute atomic E-state index is 10.00. The molecule has 0 aromatic heterocycles. The lowest BCUT2D eigenvalue weighted by molar-refractivity contribution is 0.194. The maximum Gasteiger partial charge on any atom is 0.0548 e. The van der Waals surface area contributed by atoms with Crippen LogP contribution in [-0.2, 0) is 5.41 Å². The summed E-state index contributed by atoms with van der Waals surface area (Å²) in [4.78, 5) is 2.22. The number of aliphatic hydroxyl groups excluding tert-OH is 1. The SMILES string of the molecule is OCC1(c2ccccc2)CC=CN(c2ccccc2)C1. The summed E-state index contributed by atoms with van der Waals surface area (Å²) in [6.07, 6.45) is 5.14. The Kier molecular flexibility index (Phi) is 3.57. The van der Waals surface area contributed by atoms with Crippen LogP contribution >= 0.6 is 0 Å². The molecule has 1 aliphatic rings. The van der Waals surface area contributed by atoms with Crippen molar-refractivity contribution in [2.45, 2.75) is 11.8 Å². The topological polar surface area (TPSA) is 23.5 Å². The zero-order chi connectivity index (χ0) is 13.8. The van der Waals surface area contributed by atoms with Crippen molar-refractivity contribution >= 4 is 5.69 Å². The summed E-state index contributed by atoms with van der Waals surface area (Å²) in [5.41, 5.74) is 2.15. The quantitative estimate of drug-likeness (QED) is 0.920. The second-order valence-corrected chi connectivity index (χ2v) is 5.36. The Balaban J connectivity index is 1.94. The van der Waals surface area contributed by atoms with Crippen molar-refractivity contribution in [3.8, 4) is 0 Å². The Morgan fingerprint density at radius 3 is 2.25 bits per heavy atom. The van der Waals surface area contributed by atoms with Crippen LogP contribution in [0.2, 0.25) is 0 Å². The van der Waals surface area contributed by atoms with Crippen LogP contribution in [0.3, 0.4) is 0 Å². The molecule has 0 amide bonds. The third-order valence-corrected chi connectivity index (χ3v) is 4.04. The van der Waals surface area contributed by atoms with E-state index in [0.717, 1.165) is 18.7 Å². The van der Waals surface area contributed by atoms with E-state index in [1.807, 2.05) is 36.4 Å². The molecule has 1 aliphatic heterocycles. The van der Waals surface area contributed by atoms with E-state index in [-0.39, 0.29) is 12.0 Å². The fraction of sp³-hybridized carbons (Fsp3) is 0.222. The first kappa shape index (κ1) is 12.9. The molecule has 1 unspecified atom stereocenters. The molecule has 2 aromatic rings. The average Bonchev–Trinajstić information content (AvgIpc) is 2.56. The van der Waals surface area contributed by atoms with Gasteiger partial charge in [-0.1, -0.05) is 54.6 Å². The maximum atomic E-state index is 10.00. The number of rotatable bonds is 3. The largest absolute Gasteiger partial charge is 0.395 e. The molecular formula is C18H19NO. The molecule has 3 rings (SSSR count). The van der Waals surface area contributed by atoms with Crippen molar-refractivity contribution in [3.05, 3.63) is 78.5 Å². The Hall–Kier alpha value is -2.06. The van der Waals surface area contributed by atoms with Crippen molar-refractivity contribution in [2.24, 2.45) is 0 Å². The van der Waals surface area contributed by atoms with Crippen LogP contribution in [-0.4, -0.2) is 18.3 Å². The van der Waals surface area contributed by atoms with Gasteiger partial charge in [-0.3, -0.25) is 0 Å². The normalized spacial score (nSPS) is 21.9. The number of hydrogen-bond donors (Lipinski definition) is 1. The van der Waals surface area contributed by atoms with Crippen LogP contribution < -0.4 is 4.90 Å². The number of anilines is 1. The summed E-state index contributed by atoms with van der Waals surface area (Å²) in [7, 11) is 0. The van der Waals surface area contributed by atoms with E-state index >= 15 is 0 Å². The molecule has 0 saturated heterocycles. The van der Waals surface area contributed by atoms with Crippen LogP contribution in [0.1, 0.15) is 12.0 Å². The van der Waals surface area contributed by atoms with Crippen LogP contribution in [0.4, 0.5) is 5.69 Å². The van der Waals surface area contributed by atoms with Gasteiger partial charge in [-0.2, -0.15) is 0 Å². The molecule has 20 heavy (non-hydrogen) atoms. The fourth-order valence-electron chi connectivity index (χ4n) is 2.85. The molecule has 2 nitrogen and oxygen atoms in total. The van der Waals surface area contributed by atoms with Gasteiger partial charge in [-0.15, -0.1) is 0 Å². The minimum atomic E-state index is -0.216. The van der Waals surface area contributed by atoms with Gasteiger partial charge < -0.3 is 10.0 Å². The van der Waals surface area contributed by atoms with E-state index < -0.39 is 0 Å². The zero-order valence-electron chi connectivity index (χ0n) is 11.4. The summed E-state index contributed by atoms with van der Waals surface area (Å²) in [5, 5.41) is 10.00. The highest BCUT2D eigenvalue weighted by Crippen LogP contribution is 2.34. The molecule has 0 spiro atoms. The average molecular weight is 265 g/mol. The van der Waals surface area contributed by atoms with E-state index in [0.29, 0.717) is 0 Å². The molecule has 0 bridgehead atoms. The molecule has 0 saturated carbocycles. The zero-order valence-corrected chi connectivity index (χ0v) is 11.4. The predicted molar refractivity (Wildman–Crippen MR) is 82.8 cm³/mol. The van der Waals surface area contributed by atoms with E-state index in [9.17, 15) is 5.11 Å². The second kappa shape index (κ2) is 5.51. The van der Waals surface area contributed by atoms with Gasteiger partial charge in [0, 0.05) is 23.8 Å². The molecule has 0 radical (unpaired) electrons. The second-order valence-electron chi connectivity index (χ2n) is 5.36. The van der Waals surface area contributed by atoms with Crippen molar-refractivity contribution in [1.82, 2.24) is 0 Å². The van der Waals surface area contributed by atoms with Crippen LogP contribution in [0.5, 0.6) is 0 Å². The predicted octanol–water partition coefficient (Wildman–Crippen LogP) is 3.34. The summed E-state index contributed by atoms with van der Waals surface area (Å²) in [6, 6.07) is 20.6. The monoisotopic (exact) mass is 265 g/mol. The first-order valence-electron chi connectivity index (χ1n) is 6.99. The molecule has 1 heterocycles. The molecule has 0 fully saturated rings. The smallest absolute Gasteiger partial charge is 0.0548 e. The lowest BCUT2D eigenvalue weighted by Gasteiger charge is -2.39. The summed E-state index contributed by atoms with van der Waals surface area (Å²) in [5.74, 6) is 0. The molecule has 102 valence electrons. The first-order valence-corrected chi connectivity index (χ1v) is 6.99. The number of para-hydroxylation sites is 1. The molecular weight excluding hydrogens is 246 g/mol. The van der Waals surface area contributed by atoms with E-state index in [4.69, 9.17) is 0 Å².